The van der Waals surface area contributed by atoms with Gasteiger partial charge in [0.05, 0.1) is 5.56 Å². The topological polar surface area (TPSA) is 52.5 Å². The molecule has 2 aliphatic rings. The molecule has 0 saturated carbocycles. The van der Waals surface area contributed by atoms with Crippen molar-refractivity contribution in [2.45, 2.75) is 6.92 Å². The molecule has 4 rings (SSSR count). The maximum atomic E-state index is 11.7. The summed E-state index contributed by atoms with van der Waals surface area (Å²) in [6.07, 6.45) is 9.05. The number of aryl methyl sites for hydroxylation is 1. The molecule has 0 unspecified atom stereocenters. The van der Waals surface area contributed by atoms with Gasteiger partial charge >= 0.3 is 17.1 Å². The van der Waals surface area contributed by atoms with E-state index in [0.29, 0.717) is 11.5 Å². The first-order valence-corrected chi connectivity index (χ1v) is 7.32. The van der Waals surface area contributed by atoms with Crippen LogP contribution in [0, 0.1) is 6.92 Å². The molecule has 0 fully saturated rings. The second-order valence-electron chi connectivity index (χ2n) is 5.22. The molecule has 4 heteroatoms. The Bertz CT molecular complexity index is 794. The molecule has 0 spiro atoms. The minimum Gasteiger partial charge on any atom is -0.872 e. The van der Waals surface area contributed by atoms with E-state index >= 15 is 0 Å². The molecule has 0 atom stereocenters. The second kappa shape index (κ2) is 7.82. The number of aliphatic hydroxyl groups excluding tert-OH is 1. The molecule has 0 aromatic heterocycles. The van der Waals surface area contributed by atoms with E-state index in [-0.39, 0.29) is 34.1 Å². The summed E-state index contributed by atoms with van der Waals surface area (Å²) >= 11 is 0. The zero-order valence-corrected chi connectivity index (χ0v) is 14.1. The molecule has 2 aromatic rings. The van der Waals surface area contributed by atoms with Crippen LogP contribution in [0.3, 0.4) is 0 Å². The van der Waals surface area contributed by atoms with Crippen LogP contribution in [0.2, 0.25) is 0 Å². The van der Waals surface area contributed by atoms with Gasteiger partial charge in [-0.2, -0.15) is 18.2 Å². The van der Waals surface area contributed by atoms with Crippen molar-refractivity contribution < 1.29 is 32.0 Å². The van der Waals surface area contributed by atoms with Crippen LogP contribution in [0.15, 0.2) is 84.2 Å². The van der Waals surface area contributed by atoms with Gasteiger partial charge in [0.15, 0.2) is 0 Å². The summed E-state index contributed by atoms with van der Waals surface area (Å²) in [6, 6.07) is 13.1. The van der Waals surface area contributed by atoms with Gasteiger partial charge in [0.2, 0.25) is 0 Å². The van der Waals surface area contributed by atoms with E-state index in [4.69, 9.17) is 4.74 Å². The number of hydrogen-bond donors (Lipinski definition) is 1. The first-order valence-electron chi connectivity index (χ1n) is 7.32. The monoisotopic (exact) mass is 360 g/mol. The summed E-state index contributed by atoms with van der Waals surface area (Å²) in [6.45, 7) is 1.85. The van der Waals surface area contributed by atoms with Crippen LogP contribution in [-0.2, 0) is 17.1 Å². The number of aliphatic hydroxyl groups is 1. The Morgan fingerprint density at radius 2 is 1.75 bits per heavy atom. The van der Waals surface area contributed by atoms with Crippen molar-refractivity contribution >= 4 is 5.76 Å². The van der Waals surface area contributed by atoms with Crippen LogP contribution in [0.5, 0.6) is 11.5 Å². The molecule has 3 nitrogen and oxygen atoms in total. The van der Waals surface area contributed by atoms with E-state index in [9.17, 15) is 10.2 Å². The molecule has 1 N–H and O–H groups in total. The minimum atomic E-state index is -0.231. The van der Waals surface area contributed by atoms with E-state index in [1.54, 1.807) is 6.07 Å². The van der Waals surface area contributed by atoms with Crippen LogP contribution >= 0.6 is 0 Å². The number of fused-ring (bicyclic) bond motifs is 1. The normalized spacial score (nSPS) is 14.1. The third-order valence-corrected chi connectivity index (χ3v) is 3.56. The maximum absolute atomic E-state index is 11.7. The Hall–Kier alpha value is -2.55. The molecule has 0 radical (unpaired) electrons. The summed E-state index contributed by atoms with van der Waals surface area (Å²) in [4.78, 5) is 0. The fraction of sp³-hybridized carbons (Fsp3) is 0.0500. The quantitative estimate of drug-likeness (QED) is 0.567. The van der Waals surface area contributed by atoms with Crippen molar-refractivity contribution in [2.24, 2.45) is 0 Å². The van der Waals surface area contributed by atoms with Gasteiger partial charge in [-0.1, -0.05) is 42.2 Å². The van der Waals surface area contributed by atoms with Gasteiger partial charge in [0.1, 0.15) is 17.3 Å². The predicted molar refractivity (Wildman–Crippen MR) is 89.2 cm³/mol. The standard InChI is InChI=1S/C15H12O3.C5H5.Fe/c1-9-6-7-11(16)14-12(17)8-13(18-15(9)14)10-4-2-3-5-10;1-2-4-5-3-1;/h2-8,16-17H,1H3;1-5H;/q;-1;+2/p-1. The van der Waals surface area contributed by atoms with Gasteiger partial charge in [-0.25, -0.2) is 12.1 Å². The summed E-state index contributed by atoms with van der Waals surface area (Å²) in [5, 5.41) is 21.7. The van der Waals surface area contributed by atoms with Crippen molar-refractivity contribution in [3.05, 3.63) is 95.3 Å². The summed E-state index contributed by atoms with van der Waals surface area (Å²) in [7, 11) is 0. The number of rotatable bonds is 0. The minimum absolute atomic E-state index is 0. The Labute approximate surface area is 151 Å². The molecule has 122 valence electrons. The average molecular weight is 360 g/mol. The van der Waals surface area contributed by atoms with Crippen molar-refractivity contribution in [3.63, 3.8) is 0 Å². The fourth-order valence-corrected chi connectivity index (χ4v) is 2.38. The molecule has 24 heavy (non-hydrogen) atoms. The van der Waals surface area contributed by atoms with Crippen LogP contribution in [-0.4, -0.2) is 5.11 Å². The zero-order valence-electron chi connectivity index (χ0n) is 13.0. The molecular weight excluding hydrogens is 344 g/mol. The zero-order chi connectivity index (χ0) is 16.2. The predicted octanol–water partition coefficient (Wildman–Crippen LogP) is 4.14. The van der Waals surface area contributed by atoms with Crippen molar-refractivity contribution in [2.75, 3.05) is 0 Å². The summed E-state index contributed by atoms with van der Waals surface area (Å²) in [5.41, 5.74) is 1.95. The Balaban J connectivity index is 0.000000300. The third-order valence-electron chi connectivity index (χ3n) is 3.56. The average Bonchev–Trinajstić information content (AvgIpc) is 3.26. The summed E-state index contributed by atoms with van der Waals surface area (Å²) < 4.78 is 5.74. The molecule has 2 aromatic carbocycles. The molecule has 1 heterocycles. The van der Waals surface area contributed by atoms with Crippen molar-refractivity contribution in [1.82, 2.24) is 0 Å². The second-order valence-corrected chi connectivity index (χ2v) is 5.22. The largest absolute Gasteiger partial charge is 2.00 e. The fourth-order valence-electron chi connectivity index (χ4n) is 2.38. The van der Waals surface area contributed by atoms with Gasteiger partial charge < -0.3 is 14.9 Å². The Morgan fingerprint density at radius 3 is 2.33 bits per heavy atom. The maximum Gasteiger partial charge on any atom is 2.00 e. The van der Waals surface area contributed by atoms with Gasteiger partial charge in [-0.15, -0.1) is 0 Å². The van der Waals surface area contributed by atoms with Crippen LogP contribution < -0.4 is 9.84 Å². The van der Waals surface area contributed by atoms with Crippen LogP contribution in [0.4, 0.5) is 0 Å². The van der Waals surface area contributed by atoms with E-state index < -0.39 is 0 Å². The van der Waals surface area contributed by atoms with Crippen molar-refractivity contribution in [3.8, 4) is 11.5 Å². The smallest absolute Gasteiger partial charge is 0.872 e. The van der Waals surface area contributed by atoms with E-state index in [2.05, 4.69) is 0 Å². The van der Waals surface area contributed by atoms with E-state index in [0.717, 1.165) is 11.1 Å². The molecule has 1 aliphatic heterocycles. The van der Waals surface area contributed by atoms with Gasteiger partial charge in [0, 0.05) is 11.6 Å². The van der Waals surface area contributed by atoms with Gasteiger partial charge in [-0.05, 0) is 12.5 Å². The number of hydrogen-bond acceptors (Lipinski definition) is 3. The number of allylic oxidation sites excluding steroid dienone is 6. The van der Waals surface area contributed by atoms with Gasteiger partial charge in [-0.3, -0.25) is 0 Å². The van der Waals surface area contributed by atoms with E-state index in [1.807, 2.05) is 61.6 Å². The number of benzene rings is 1. The molecular formula is C20H16FeO3. The summed E-state index contributed by atoms with van der Waals surface area (Å²) in [5.74, 6) is 0.726. The Morgan fingerprint density at radius 1 is 1.08 bits per heavy atom. The van der Waals surface area contributed by atoms with Gasteiger partial charge in [0.25, 0.3) is 0 Å². The van der Waals surface area contributed by atoms with Crippen LogP contribution in [0.25, 0.3) is 5.76 Å². The van der Waals surface area contributed by atoms with Crippen LogP contribution in [0.1, 0.15) is 11.1 Å². The molecule has 0 bridgehead atoms. The SMILES string of the molecule is Cc1ccc([O-])c2c1OC(=C1C=CC=C1)C=C2O.[Fe+2].c1cc[cH-]c1. The first-order chi connectivity index (χ1) is 11.2. The first kappa shape index (κ1) is 17.8. The number of ether oxygens (including phenoxy) is 1. The molecule has 1 aliphatic carbocycles. The Kier molecular flexibility index (Phi) is 5.80. The molecule has 0 amide bonds. The van der Waals surface area contributed by atoms with E-state index in [1.165, 1.54) is 12.1 Å². The molecule has 0 saturated heterocycles. The third kappa shape index (κ3) is 3.67. The van der Waals surface area contributed by atoms with Crippen molar-refractivity contribution in [1.29, 1.82) is 0 Å².